The maximum absolute atomic E-state index is 11.7. The molecular formula is C10H12N4O3. The number of hydrogen-bond acceptors (Lipinski definition) is 5. The van der Waals surface area contributed by atoms with Gasteiger partial charge in [-0.05, 0) is 13.3 Å². The molecule has 2 heterocycles. The number of H-pyrrole nitrogens is 1. The zero-order chi connectivity index (χ0) is 12.4. The van der Waals surface area contributed by atoms with E-state index in [0.29, 0.717) is 23.7 Å². The minimum Gasteiger partial charge on any atom is -0.469 e. The lowest BCUT2D eigenvalue weighted by Gasteiger charge is -2.00. The first-order valence-corrected chi connectivity index (χ1v) is 5.12. The van der Waals surface area contributed by atoms with Crippen molar-refractivity contribution in [3.05, 3.63) is 27.9 Å². The van der Waals surface area contributed by atoms with Gasteiger partial charge in [-0.2, -0.15) is 9.50 Å². The molecule has 1 N–H and O–H groups in total. The van der Waals surface area contributed by atoms with Crippen LogP contribution in [0, 0.1) is 6.92 Å². The van der Waals surface area contributed by atoms with Crippen LogP contribution in [0.4, 0.5) is 0 Å². The molecule has 0 aliphatic carbocycles. The zero-order valence-corrected chi connectivity index (χ0v) is 9.56. The van der Waals surface area contributed by atoms with Gasteiger partial charge in [0.1, 0.15) is 5.82 Å². The number of carbonyl (C=O) groups excluding carboxylic acids is 1. The number of aromatic nitrogens is 4. The summed E-state index contributed by atoms with van der Waals surface area (Å²) in [6.07, 6.45) is 0.625. The molecule has 7 heteroatoms. The lowest BCUT2D eigenvalue weighted by molar-refractivity contribution is -0.140. The Morgan fingerprint density at radius 1 is 1.59 bits per heavy atom. The summed E-state index contributed by atoms with van der Waals surface area (Å²) >= 11 is 0. The summed E-state index contributed by atoms with van der Waals surface area (Å²) in [5.41, 5.74) is 0.375. The van der Waals surface area contributed by atoms with E-state index in [1.54, 1.807) is 6.92 Å². The standard InChI is InChI=1S/C10H12N4O3/c1-6-11-10-12-7(3-4-9(16)17-2)5-8(15)14(10)13-6/h5H,3-4H2,1-2H3,(H,11,12,13). The number of nitrogens with zero attached hydrogens (tertiary/aromatic N) is 3. The van der Waals surface area contributed by atoms with Gasteiger partial charge in [-0.3, -0.25) is 9.59 Å². The Bertz CT molecular complexity index is 614. The van der Waals surface area contributed by atoms with E-state index in [1.165, 1.54) is 17.7 Å². The summed E-state index contributed by atoms with van der Waals surface area (Å²) in [5.74, 6) is 0.585. The first kappa shape index (κ1) is 11.3. The van der Waals surface area contributed by atoms with Crippen LogP contribution < -0.4 is 5.56 Å². The van der Waals surface area contributed by atoms with Crippen molar-refractivity contribution in [2.45, 2.75) is 19.8 Å². The van der Waals surface area contributed by atoms with Crippen molar-refractivity contribution in [2.24, 2.45) is 0 Å². The lowest BCUT2D eigenvalue weighted by Crippen LogP contribution is -2.16. The van der Waals surface area contributed by atoms with Gasteiger partial charge < -0.3 is 9.72 Å². The zero-order valence-electron chi connectivity index (χ0n) is 9.56. The van der Waals surface area contributed by atoms with Gasteiger partial charge in [0.25, 0.3) is 5.56 Å². The maximum Gasteiger partial charge on any atom is 0.305 e. The van der Waals surface area contributed by atoms with E-state index >= 15 is 0 Å². The smallest absolute Gasteiger partial charge is 0.305 e. The number of nitrogens with one attached hydrogen (secondary N) is 1. The van der Waals surface area contributed by atoms with Crippen molar-refractivity contribution < 1.29 is 9.53 Å². The molecule has 17 heavy (non-hydrogen) atoms. The van der Waals surface area contributed by atoms with Crippen molar-refractivity contribution >= 4 is 11.7 Å². The fraction of sp³-hybridized carbons (Fsp3) is 0.400. The first-order valence-electron chi connectivity index (χ1n) is 5.12. The second-order valence-electron chi connectivity index (χ2n) is 3.60. The highest BCUT2D eigenvalue weighted by Crippen LogP contribution is 2.00. The van der Waals surface area contributed by atoms with Crippen LogP contribution in [-0.4, -0.2) is 32.7 Å². The highest BCUT2D eigenvalue weighted by molar-refractivity contribution is 5.69. The van der Waals surface area contributed by atoms with Gasteiger partial charge in [0.05, 0.1) is 13.5 Å². The number of hydrogen-bond donors (Lipinski definition) is 1. The molecule has 0 spiro atoms. The maximum atomic E-state index is 11.7. The van der Waals surface area contributed by atoms with Gasteiger partial charge >= 0.3 is 5.97 Å². The number of ether oxygens (including phenoxy) is 1. The molecule has 0 aromatic carbocycles. The normalized spacial score (nSPS) is 10.7. The second-order valence-corrected chi connectivity index (χ2v) is 3.60. The van der Waals surface area contributed by atoms with Crippen LogP contribution in [0.3, 0.4) is 0 Å². The molecule has 2 rings (SSSR count). The molecule has 2 aromatic heterocycles. The molecule has 0 saturated carbocycles. The Morgan fingerprint density at radius 3 is 3.06 bits per heavy atom. The number of fused-ring (bicyclic) bond motifs is 1. The number of aryl methyl sites for hydroxylation is 2. The SMILES string of the molecule is COC(=O)CCc1cc(=O)n2nc(C)nc2[nH]1. The highest BCUT2D eigenvalue weighted by Gasteiger charge is 2.07. The van der Waals surface area contributed by atoms with Crippen molar-refractivity contribution in [2.75, 3.05) is 7.11 Å². The van der Waals surface area contributed by atoms with Crippen LogP contribution in [0.5, 0.6) is 0 Å². The molecule has 0 atom stereocenters. The third-order valence-corrected chi connectivity index (χ3v) is 2.32. The van der Waals surface area contributed by atoms with Gasteiger partial charge in [-0.1, -0.05) is 0 Å². The first-order chi connectivity index (χ1) is 8.10. The Balaban J connectivity index is 2.30. The highest BCUT2D eigenvalue weighted by atomic mass is 16.5. The number of carbonyl (C=O) groups is 1. The van der Waals surface area contributed by atoms with E-state index in [1.807, 2.05) is 0 Å². The number of rotatable bonds is 3. The van der Waals surface area contributed by atoms with Crippen LogP contribution in [0.15, 0.2) is 10.9 Å². The Kier molecular flexibility index (Phi) is 2.90. The van der Waals surface area contributed by atoms with Crippen molar-refractivity contribution in [3.8, 4) is 0 Å². The molecule has 0 fully saturated rings. The summed E-state index contributed by atoms with van der Waals surface area (Å²) < 4.78 is 5.72. The van der Waals surface area contributed by atoms with E-state index in [2.05, 4.69) is 19.8 Å². The summed E-state index contributed by atoms with van der Waals surface area (Å²) in [4.78, 5) is 29.7. The van der Waals surface area contributed by atoms with Gasteiger partial charge in [-0.25, -0.2) is 0 Å². The molecule has 0 aliphatic rings. The second kappa shape index (κ2) is 4.36. The van der Waals surface area contributed by atoms with E-state index in [-0.39, 0.29) is 17.9 Å². The van der Waals surface area contributed by atoms with E-state index in [0.717, 1.165) is 0 Å². The molecule has 0 saturated heterocycles. The van der Waals surface area contributed by atoms with Crippen molar-refractivity contribution in [1.29, 1.82) is 0 Å². The van der Waals surface area contributed by atoms with E-state index < -0.39 is 0 Å². The minimum atomic E-state index is -0.316. The predicted octanol–water partition coefficient (Wildman–Crippen LogP) is -0.168. The monoisotopic (exact) mass is 236 g/mol. The quantitative estimate of drug-likeness (QED) is 0.747. The average Bonchev–Trinajstić information content (AvgIpc) is 2.67. The lowest BCUT2D eigenvalue weighted by atomic mass is 10.2. The number of methoxy groups -OCH3 is 1. The molecular weight excluding hydrogens is 224 g/mol. The molecule has 0 amide bonds. The van der Waals surface area contributed by atoms with Crippen LogP contribution >= 0.6 is 0 Å². The van der Waals surface area contributed by atoms with Crippen LogP contribution in [0.2, 0.25) is 0 Å². The van der Waals surface area contributed by atoms with Crippen molar-refractivity contribution in [3.63, 3.8) is 0 Å². The molecule has 7 nitrogen and oxygen atoms in total. The summed E-state index contributed by atoms with van der Waals surface area (Å²) in [5, 5.41) is 3.94. The van der Waals surface area contributed by atoms with Gasteiger partial charge in [0.15, 0.2) is 0 Å². The van der Waals surface area contributed by atoms with Crippen LogP contribution in [-0.2, 0) is 16.0 Å². The van der Waals surface area contributed by atoms with E-state index in [4.69, 9.17) is 0 Å². The summed E-state index contributed by atoms with van der Waals surface area (Å²) in [6.45, 7) is 1.70. The number of aromatic amines is 1. The third kappa shape index (κ3) is 2.32. The fourth-order valence-electron chi connectivity index (χ4n) is 1.51. The average molecular weight is 236 g/mol. The summed E-state index contributed by atoms with van der Waals surface area (Å²) in [7, 11) is 1.33. The Labute approximate surface area is 96.4 Å². The van der Waals surface area contributed by atoms with Gasteiger partial charge in [0.2, 0.25) is 5.78 Å². The molecule has 0 unspecified atom stereocenters. The Hall–Kier alpha value is -2.18. The molecule has 0 radical (unpaired) electrons. The predicted molar refractivity (Wildman–Crippen MR) is 58.7 cm³/mol. The molecule has 90 valence electrons. The minimum absolute atomic E-state index is 0.218. The third-order valence-electron chi connectivity index (χ3n) is 2.32. The topological polar surface area (TPSA) is 89.3 Å². The molecule has 0 bridgehead atoms. The fourth-order valence-corrected chi connectivity index (χ4v) is 1.51. The molecule has 0 aliphatic heterocycles. The largest absolute Gasteiger partial charge is 0.469 e. The Morgan fingerprint density at radius 2 is 2.35 bits per heavy atom. The summed E-state index contributed by atoms with van der Waals surface area (Å²) in [6, 6.07) is 1.41. The van der Waals surface area contributed by atoms with Crippen molar-refractivity contribution in [1.82, 2.24) is 19.6 Å². The van der Waals surface area contributed by atoms with Crippen LogP contribution in [0.25, 0.3) is 5.78 Å². The van der Waals surface area contributed by atoms with Gasteiger partial charge in [0, 0.05) is 11.8 Å². The van der Waals surface area contributed by atoms with E-state index in [9.17, 15) is 9.59 Å². The number of esters is 1. The van der Waals surface area contributed by atoms with Gasteiger partial charge in [-0.15, -0.1) is 5.10 Å². The molecule has 2 aromatic rings. The van der Waals surface area contributed by atoms with Crippen LogP contribution in [0.1, 0.15) is 17.9 Å².